The largest absolute Gasteiger partial charge is 0.308 e. The quantitative estimate of drug-likeness (QED) is 0.283. The van der Waals surface area contributed by atoms with Gasteiger partial charge in [-0.2, -0.15) is 0 Å². The molecule has 0 unspecified atom stereocenters. The maximum absolute atomic E-state index is 3.85. The van der Waals surface area contributed by atoms with E-state index >= 15 is 0 Å². The molecule has 3 aromatic rings. The van der Waals surface area contributed by atoms with E-state index < -0.39 is 0 Å². The zero-order chi connectivity index (χ0) is 21.2. The molecule has 0 aromatic heterocycles. The summed E-state index contributed by atoms with van der Waals surface area (Å²) in [5, 5.41) is 0. The molecule has 150 valence electrons. The highest BCUT2D eigenvalue weighted by Gasteiger charge is 2.32. The van der Waals surface area contributed by atoms with Crippen LogP contribution in [0.1, 0.15) is 55.6 Å². The number of anilines is 3. The summed E-state index contributed by atoms with van der Waals surface area (Å²) in [4.78, 5) is 2.53. The lowest BCUT2D eigenvalue weighted by atomic mass is 9.80. The minimum absolute atomic E-state index is 1.01. The lowest BCUT2D eigenvalue weighted by Crippen LogP contribution is -2.24. The number of nitrogens with zero attached hydrogens (tertiary/aromatic N) is 1. The fourth-order valence-electron chi connectivity index (χ4n) is 4.94. The van der Waals surface area contributed by atoms with Crippen LogP contribution in [0, 0.1) is 55.4 Å². The fraction of sp³-hybridized carbons (Fsp3) is 0.333. The molecule has 0 spiro atoms. The van der Waals surface area contributed by atoms with E-state index in [9.17, 15) is 0 Å². The number of hydrogen-bond acceptors (Lipinski definition) is 1. The molecule has 29 heavy (non-hydrogen) atoms. The average Bonchev–Trinajstić information content (AvgIpc) is 2.72. The third kappa shape index (κ3) is 2.79. The molecule has 0 fully saturated rings. The normalized spacial score (nSPS) is 12.8. The van der Waals surface area contributed by atoms with Crippen LogP contribution in [0.3, 0.4) is 0 Å². The molecule has 0 saturated carbocycles. The number of benzene rings is 3. The second-order valence-electron chi connectivity index (χ2n) is 8.62. The van der Waals surface area contributed by atoms with Gasteiger partial charge in [-0.05, 0) is 139 Å². The predicted octanol–water partition coefficient (Wildman–Crippen LogP) is 8.29. The van der Waals surface area contributed by atoms with Crippen LogP contribution in [0.4, 0.5) is 17.1 Å². The Morgan fingerprint density at radius 2 is 1.00 bits per heavy atom. The van der Waals surface area contributed by atoms with Gasteiger partial charge in [0.2, 0.25) is 0 Å². The van der Waals surface area contributed by atoms with Crippen LogP contribution >= 0.6 is 15.9 Å². The molecule has 0 atom stereocenters. The molecule has 1 heterocycles. The zero-order valence-electron chi connectivity index (χ0n) is 18.8. The van der Waals surface area contributed by atoms with E-state index in [2.05, 4.69) is 100 Å². The van der Waals surface area contributed by atoms with E-state index in [1.54, 1.807) is 0 Å². The van der Waals surface area contributed by atoms with Crippen molar-refractivity contribution in [3.63, 3.8) is 0 Å². The lowest BCUT2D eigenvalue weighted by molar-refractivity contribution is 0.995. The number of hydrogen-bond donors (Lipinski definition) is 0. The van der Waals surface area contributed by atoms with Crippen molar-refractivity contribution in [2.45, 2.75) is 61.8 Å². The average molecular weight is 448 g/mol. The highest BCUT2D eigenvalue weighted by Crippen LogP contribution is 2.52. The van der Waals surface area contributed by atoms with Crippen molar-refractivity contribution in [2.24, 2.45) is 0 Å². The molecule has 1 aliphatic heterocycles. The third-order valence-electron chi connectivity index (χ3n) is 7.46. The summed E-state index contributed by atoms with van der Waals surface area (Å²) in [5.74, 6) is 0. The number of rotatable bonds is 1. The fourth-order valence-corrected chi connectivity index (χ4v) is 5.40. The lowest BCUT2D eigenvalue weighted by Gasteiger charge is -2.40. The van der Waals surface area contributed by atoms with Crippen LogP contribution in [0.25, 0.3) is 0 Å². The van der Waals surface area contributed by atoms with Crippen molar-refractivity contribution in [2.75, 3.05) is 4.90 Å². The van der Waals surface area contributed by atoms with Crippen LogP contribution in [-0.4, -0.2) is 0 Å². The smallest absolute Gasteiger partial charge is 0.0604 e. The Balaban J connectivity index is 2.20. The summed E-state index contributed by atoms with van der Waals surface area (Å²) >= 11 is 3.85. The van der Waals surface area contributed by atoms with Crippen LogP contribution < -0.4 is 4.90 Å². The Labute approximate surface area is 183 Å². The molecule has 0 aliphatic carbocycles. The van der Waals surface area contributed by atoms with Crippen molar-refractivity contribution >= 4 is 33.0 Å². The van der Waals surface area contributed by atoms with Crippen LogP contribution in [0.2, 0.25) is 0 Å². The SMILES string of the molecule is Cc1c(C)c(C)c2c(c1C)Cc1c(C)c(C)c(C)c(C)c1N2c1ccccc1Br. The topological polar surface area (TPSA) is 3.24 Å². The third-order valence-corrected chi connectivity index (χ3v) is 8.13. The number of halogens is 1. The summed E-state index contributed by atoms with van der Waals surface area (Å²) in [6.07, 6.45) is 1.01. The Morgan fingerprint density at radius 3 is 1.45 bits per heavy atom. The van der Waals surface area contributed by atoms with Crippen molar-refractivity contribution in [1.29, 1.82) is 0 Å². The summed E-state index contributed by atoms with van der Waals surface area (Å²) in [6.45, 7) is 18.3. The van der Waals surface area contributed by atoms with Gasteiger partial charge in [-0.1, -0.05) is 12.1 Å². The van der Waals surface area contributed by atoms with Gasteiger partial charge in [0, 0.05) is 10.9 Å². The van der Waals surface area contributed by atoms with Gasteiger partial charge in [-0.15, -0.1) is 0 Å². The maximum atomic E-state index is 3.85. The molecule has 0 bridgehead atoms. The second-order valence-corrected chi connectivity index (χ2v) is 9.47. The second kappa shape index (κ2) is 7.02. The summed E-state index contributed by atoms with van der Waals surface area (Å²) in [7, 11) is 0. The van der Waals surface area contributed by atoms with Gasteiger partial charge in [-0.25, -0.2) is 0 Å². The van der Waals surface area contributed by atoms with Gasteiger partial charge in [0.1, 0.15) is 0 Å². The molecule has 0 radical (unpaired) electrons. The van der Waals surface area contributed by atoms with E-state index in [0.29, 0.717) is 0 Å². The van der Waals surface area contributed by atoms with Gasteiger partial charge in [0.15, 0.2) is 0 Å². The first-order chi connectivity index (χ1) is 13.7. The first-order valence-corrected chi connectivity index (χ1v) is 11.2. The van der Waals surface area contributed by atoms with Crippen LogP contribution in [0.5, 0.6) is 0 Å². The van der Waals surface area contributed by atoms with Crippen molar-refractivity contribution in [1.82, 2.24) is 0 Å². The van der Waals surface area contributed by atoms with Gasteiger partial charge in [0.25, 0.3) is 0 Å². The van der Waals surface area contributed by atoms with E-state index in [1.807, 2.05) is 0 Å². The molecule has 0 saturated heterocycles. The highest BCUT2D eigenvalue weighted by atomic mass is 79.9. The van der Waals surface area contributed by atoms with Crippen molar-refractivity contribution in [3.8, 4) is 0 Å². The maximum Gasteiger partial charge on any atom is 0.0604 e. The highest BCUT2D eigenvalue weighted by molar-refractivity contribution is 9.10. The first kappa shape index (κ1) is 20.2. The molecule has 1 aliphatic rings. The van der Waals surface area contributed by atoms with E-state index in [0.717, 1.165) is 10.9 Å². The molecule has 2 heteroatoms. The van der Waals surface area contributed by atoms with E-state index in [1.165, 1.54) is 72.7 Å². The van der Waals surface area contributed by atoms with Crippen molar-refractivity contribution < 1.29 is 0 Å². The molecule has 0 amide bonds. The monoisotopic (exact) mass is 447 g/mol. The first-order valence-electron chi connectivity index (χ1n) is 10.4. The van der Waals surface area contributed by atoms with Gasteiger partial charge in [-0.3, -0.25) is 0 Å². The minimum Gasteiger partial charge on any atom is -0.308 e. The molecular weight excluding hydrogens is 418 g/mol. The zero-order valence-corrected chi connectivity index (χ0v) is 20.4. The molecule has 0 N–H and O–H groups in total. The number of para-hydroxylation sites is 1. The molecule has 3 aromatic carbocycles. The predicted molar refractivity (Wildman–Crippen MR) is 130 cm³/mol. The molecule has 4 rings (SSSR count). The Kier molecular flexibility index (Phi) is 4.90. The van der Waals surface area contributed by atoms with E-state index in [4.69, 9.17) is 0 Å². The summed E-state index contributed by atoms with van der Waals surface area (Å²) < 4.78 is 1.13. The van der Waals surface area contributed by atoms with Crippen LogP contribution in [-0.2, 0) is 6.42 Å². The minimum atomic E-state index is 1.01. The van der Waals surface area contributed by atoms with Gasteiger partial charge >= 0.3 is 0 Å². The number of fused-ring (bicyclic) bond motifs is 2. The Bertz CT molecular complexity index is 1100. The Hall–Kier alpha value is -2.06. The summed E-state index contributed by atoms with van der Waals surface area (Å²) in [6, 6.07) is 8.61. The van der Waals surface area contributed by atoms with Gasteiger partial charge in [0.05, 0.1) is 17.1 Å². The molecule has 1 nitrogen and oxygen atoms in total. The van der Waals surface area contributed by atoms with Crippen molar-refractivity contribution in [3.05, 3.63) is 84.4 Å². The van der Waals surface area contributed by atoms with E-state index in [-0.39, 0.29) is 0 Å². The standard InChI is InChI=1S/C27H30BrN/c1-14-16(3)20(7)26-22(18(14)5)13-23-19(6)15(2)17(4)21(8)27(23)29(26)25-12-10-9-11-24(25)28/h9-12H,13H2,1-8H3. The molecular formula is C27H30BrN. The van der Waals surface area contributed by atoms with Crippen LogP contribution in [0.15, 0.2) is 28.7 Å². The Morgan fingerprint density at radius 1 is 0.586 bits per heavy atom. The summed E-state index contributed by atoms with van der Waals surface area (Å²) in [5.41, 5.74) is 18.2. The van der Waals surface area contributed by atoms with Gasteiger partial charge < -0.3 is 4.90 Å².